The van der Waals surface area contributed by atoms with E-state index in [0.29, 0.717) is 6.04 Å². The van der Waals surface area contributed by atoms with Gasteiger partial charge in [0.1, 0.15) is 16.5 Å². The molecule has 1 fully saturated rings. The Bertz CT molecular complexity index is 224. The predicted molar refractivity (Wildman–Crippen MR) is 64.7 cm³/mol. The van der Waals surface area contributed by atoms with Gasteiger partial charge >= 0.3 is 0 Å². The van der Waals surface area contributed by atoms with Crippen LogP contribution >= 0.6 is 0 Å². The van der Waals surface area contributed by atoms with Gasteiger partial charge in [-0.15, -0.1) is 6.42 Å². The summed E-state index contributed by atoms with van der Waals surface area (Å²) in [4.78, 5) is 0. The summed E-state index contributed by atoms with van der Waals surface area (Å²) < 4.78 is 2.75. The summed E-state index contributed by atoms with van der Waals surface area (Å²) in [5.74, 6) is 2.91. The molecule has 0 bridgehead atoms. The van der Waals surface area contributed by atoms with Crippen LogP contribution in [0.3, 0.4) is 0 Å². The van der Waals surface area contributed by atoms with Crippen molar-refractivity contribution in [2.24, 2.45) is 0 Å². The van der Waals surface area contributed by atoms with E-state index in [1.165, 1.54) is 12.1 Å². The first kappa shape index (κ1) is 11.0. The second-order valence-corrected chi connectivity index (χ2v) is 15.0. The van der Waals surface area contributed by atoms with Crippen LogP contribution in [0.2, 0.25) is 38.3 Å². The van der Waals surface area contributed by atoms with Crippen LogP contribution in [0.5, 0.6) is 0 Å². The maximum Gasteiger partial charge on any atom is 0.116 e. The monoisotopic (exact) mass is 211 g/mol. The van der Waals surface area contributed by atoms with Crippen LogP contribution in [0, 0.1) is 12.3 Å². The third-order valence-electron chi connectivity index (χ3n) is 3.28. The van der Waals surface area contributed by atoms with E-state index in [1.807, 2.05) is 0 Å². The highest BCUT2D eigenvalue weighted by atomic mass is 28.4. The van der Waals surface area contributed by atoms with E-state index in [9.17, 15) is 0 Å². The van der Waals surface area contributed by atoms with Crippen molar-refractivity contribution in [3.05, 3.63) is 0 Å². The lowest BCUT2D eigenvalue weighted by Crippen LogP contribution is -2.58. The number of nitrogens with zero attached hydrogens (tertiary/aromatic N) is 1. The Hall–Kier alpha value is -0.0462. The Morgan fingerprint density at radius 1 is 1.15 bits per heavy atom. The summed E-state index contributed by atoms with van der Waals surface area (Å²) in [6.07, 6.45) is 5.55. The van der Waals surface area contributed by atoms with E-state index < -0.39 is 16.5 Å². The molecule has 3 heteroatoms. The summed E-state index contributed by atoms with van der Waals surface area (Å²) in [6.45, 7) is 12.0. The molecule has 1 saturated heterocycles. The van der Waals surface area contributed by atoms with Gasteiger partial charge < -0.3 is 4.23 Å². The van der Waals surface area contributed by atoms with Gasteiger partial charge in [0.2, 0.25) is 0 Å². The normalized spacial score (nSPS) is 28.3. The smallest absolute Gasteiger partial charge is 0.116 e. The maximum atomic E-state index is 5.55. The molecule has 0 radical (unpaired) electrons. The number of hydrogen-bond donors (Lipinski definition) is 0. The second-order valence-electron chi connectivity index (χ2n) is 5.34. The molecule has 74 valence electrons. The molecule has 0 aliphatic carbocycles. The SMILES string of the molecule is C#CC(C)N1[Si](C)(C)CC[Si]1(C)C. The molecule has 0 amide bonds. The van der Waals surface area contributed by atoms with Crippen LogP contribution in [-0.2, 0) is 0 Å². The molecule has 1 rings (SSSR count). The Kier molecular flexibility index (Phi) is 2.77. The van der Waals surface area contributed by atoms with Crippen molar-refractivity contribution in [1.29, 1.82) is 0 Å². The zero-order valence-corrected chi connectivity index (χ0v) is 11.5. The van der Waals surface area contributed by atoms with E-state index >= 15 is 0 Å². The lowest BCUT2D eigenvalue weighted by molar-refractivity contribution is 0.576. The Labute approximate surface area is 84.7 Å². The molecule has 0 saturated carbocycles. The van der Waals surface area contributed by atoms with Crippen molar-refractivity contribution >= 4 is 16.5 Å². The molecule has 13 heavy (non-hydrogen) atoms. The van der Waals surface area contributed by atoms with Crippen LogP contribution < -0.4 is 0 Å². The molecule has 1 nitrogen and oxygen atoms in total. The minimum absolute atomic E-state index is 0.367. The molecule has 1 aliphatic heterocycles. The summed E-state index contributed by atoms with van der Waals surface area (Å²) >= 11 is 0. The first-order chi connectivity index (χ1) is 5.81. The third-order valence-corrected chi connectivity index (χ3v) is 13.7. The van der Waals surface area contributed by atoms with Crippen LogP contribution in [-0.4, -0.2) is 26.7 Å². The van der Waals surface area contributed by atoms with Gasteiger partial charge in [0.25, 0.3) is 0 Å². The second kappa shape index (κ2) is 3.27. The van der Waals surface area contributed by atoms with Crippen molar-refractivity contribution < 1.29 is 0 Å². The number of hydrogen-bond acceptors (Lipinski definition) is 1. The molecule has 0 aromatic rings. The fourth-order valence-corrected chi connectivity index (χ4v) is 17.6. The van der Waals surface area contributed by atoms with Gasteiger partial charge in [-0.2, -0.15) is 0 Å². The standard InChI is InChI=1S/C10H21NSi2/c1-7-10(2)11-12(3,4)8-9-13(11,5)6/h1,10H,8-9H2,2-6H3. The van der Waals surface area contributed by atoms with E-state index in [2.05, 4.69) is 43.3 Å². The molecule has 1 aliphatic rings. The van der Waals surface area contributed by atoms with Crippen molar-refractivity contribution in [2.45, 2.75) is 51.2 Å². The molecule has 1 heterocycles. The van der Waals surface area contributed by atoms with Gasteiger partial charge in [0.15, 0.2) is 0 Å². The lowest BCUT2D eigenvalue weighted by Gasteiger charge is -2.41. The van der Waals surface area contributed by atoms with E-state index in [0.717, 1.165) is 0 Å². The van der Waals surface area contributed by atoms with Crippen molar-refractivity contribution in [3.8, 4) is 12.3 Å². The first-order valence-electron chi connectivity index (χ1n) is 5.07. The number of rotatable bonds is 1. The highest BCUT2D eigenvalue weighted by Gasteiger charge is 2.48. The topological polar surface area (TPSA) is 3.24 Å². The Balaban J connectivity index is 2.95. The Morgan fingerprint density at radius 2 is 1.54 bits per heavy atom. The van der Waals surface area contributed by atoms with Crippen LogP contribution in [0.25, 0.3) is 0 Å². The summed E-state index contributed by atoms with van der Waals surface area (Å²) in [6, 6.07) is 3.25. The van der Waals surface area contributed by atoms with Gasteiger partial charge in [0.05, 0.1) is 6.04 Å². The van der Waals surface area contributed by atoms with Crippen LogP contribution in [0.4, 0.5) is 0 Å². The van der Waals surface area contributed by atoms with Crippen molar-refractivity contribution in [2.75, 3.05) is 0 Å². The van der Waals surface area contributed by atoms with Crippen molar-refractivity contribution in [3.63, 3.8) is 0 Å². The fourth-order valence-electron chi connectivity index (χ4n) is 2.80. The fraction of sp³-hybridized carbons (Fsp3) is 0.800. The van der Waals surface area contributed by atoms with Gasteiger partial charge in [-0.3, -0.25) is 0 Å². The maximum absolute atomic E-state index is 5.55. The summed E-state index contributed by atoms with van der Waals surface area (Å²) in [7, 11) is -2.27. The van der Waals surface area contributed by atoms with Crippen LogP contribution in [0.15, 0.2) is 0 Å². The van der Waals surface area contributed by atoms with Crippen LogP contribution in [0.1, 0.15) is 6.92 Å². The molecule has 0 aromatic heterocycles. The Morgan fingerprint density at radius 3 is 1.85 bits per heavy atom. The number of terminal acetylenes is 1. The highest BCUT2D eigenvalue weighted by molar-refractivity contribution is 6.95. The molecular weight excluding hydrogens is 190 g/mol. The van der Waals surface area contributed by atoms with E-state index in [1.54, 1.807) is 0 Å². The van der Waals surface area contributed by atoms with Gasteiger partial charge in [0, 0.05) is 0 Å². The zero-order chi connectivity index (χ0) is 10.3. The van der Waals surface area contributed by atoms with E-state index in [-0.39, 0.29) is 0 Å². The minimum atomic E-state index is -1.14. The predicted octanol–water partition coefficient (Wildman–Crippen LogP) is 2.73. The summed E-state index contributed by atoms with van der Waals surface area (Å²) in [5.41, 5.74) is 0. The van der Waals surface area contributed by atoms with E-state index in [4.69, 9.17) is 6.42 Å². The largest absolute Gasteiger partial charge is 0.333 e. The molecular formula is C10H21NSi2. The molecule has 0 spiro atoms. The average Bonchev–Trinajstić information content (AvgIpc) is 2.20. The molecule has 1 unspecified atom stereocenters. The lowest BCUT2D eigenvalue weighted by atomic mass is 10.4. The average molecular weight is 211 g/mol. The molecule has 1 atom stereocenters. The highest BCUT2D eigenvalue weighted by Crippen LogP contribution is 2.38. The quantitative estimate of drug-likeness (QED) is 0.476. The first-order valence-corrected chi connectivity index (χ1v) is 11.4. The summed E-state index contributed by atoms with van der Waals surface area (Å²) in [5, 5.41) is 0. The third kappa shape index (κ3) is 1.90. The van der Waals surface area contributed by atoms with Gasteiger partial charge in [-0.05, 0) is 19.0 Å². The molecule has 0 aromatic carbocycles. The van der Waals surface area contributed by atoms with Gasteiger partial charge in [-0.25, -0.2) is 0 Å². The minimum Gasteiger partial charge on any atom is -0.333 e. The van der Waals surface area contributed by atoms with Crippen molar-refractivity contribution in [1.82, 2.24) is 4.23 Å². The zero-order valence-electron chi connectivity index (χ0n) is 9.52. The van der Waals surface area contributed by atoms with Gasteiger partial charge in [-0.1, -0.05) is 32.1 Å². The molecule has 0 N–H and O–H groups in total.